The van der Waals surface area contributed by atoms with Gasteiger partial charge in [0.1, 0.15) is 17.3 Å². The summed E-state index contributed by atoms with van der Waals surface area (Å²) in [5.41, 5.74) is 0.395. The van der Waals surface area contributed by atoms with Crippen molar-refractivity contribution in [3.8, 4) is 0 Å². The van der Waals surface area contributed by atoms with E-state index in [0.717, 1.165) is 5.01 Å². The van der Waals surface area contributed by atoms with Crippen LogP contribution in [0, 0.1) is 0 Å². The number of carbonyl (C=O) groups excluding carboxylic acids is 2. The van der Waals surface area contributed by atoms with E-state index in [0.29, 0.717) is 12.2 Å². The standard InChI is InChI=1S/C14H23N3O3S/c1-9(2)15-14(19)11-8-21-12(16-11)6-17(10(3)4)13(18)7-20-5/h8-10H,6-7H2,1-5H3,(H,15,19). The summed E-state index contributed by atoms with van der Waals surface area (Å²) in [6.45, 7) is 8.11. The number of nitrogens with zero attached hydrogens (tertiary/aromatic N) is 2. The van der Waals surface area contributed by atoms with Crippen molar-refractivity contribution in [2.75, 3.05) is 13.7 Å². The Morgan fingerprint density at radius 1 is 1.38 bits per heavy atom. The Hall–Kier alpha value is -1.47. The van der Waals surface area contributed by atoms with Crippen LogP contribution in [-0.2, 0) is 16.1 Å². The van der Waals surface area contributed by atoms with E-state index in [9.17, 15) is 9.59 Å². The van der Waals surface area contributed by atoms with Gasteiger partial charge in [0, 0.05) is 24.6 Å². The molecule has 6 nitrogen and oxygen atoms in total. The van der Waals surface area contributed by atoms with Crippen molar-refractivity contribution in [2.24, 2.45) is 0 Å². The minimum Gasteiger partial charge on any atom is -0.375 e. The molecule has 0 spiro atoms. The molecular formula is C14H23N3O3S. The fourth-order valence-electron chi connectivity index (χ4n) is 1.73. The number of rotatable bonds is 7. The zero-order valence-electron chi connectivity index (χ0n) is 13.2. The van der Waals surface area contributed by atoms with Crippen LogP contribution < -0.4 is 5.32 Å². The highest BCUT2D eigenvalue weighted by Gasteiger charge is 2.19. The van der Waals surface area contributed by atoms with Crippen LogP contribution in [0.15, 0.2) is 5.38 Å². The van der Waals surface area contributed by atoms with Gasteiger partial charge >= 0.3 is 0 Å². The summed E-state index contributed by atoms with van der Waals surface area (Å²) in [4.78, 5) is 29.8. The van der Waals surface area contributed by atoms with Gasteiger partial charge in [0.2, 0.25) is 5.91 Å². The van der Waals surface area contributed by atoms with Gasteiger partial charge < -0.3 is 15.0 Å². The summed E-state index contributed by atoms with van der Waals surface area (Å²) < 4.78 is 4.89. The first kappa shape index (κ1) is 17.6. The van der Waals surface area contributed by atoms with E-state index in [1.165, 1.54) is 18.4 Å². The number of amides is 2. The molecule has 1 aromatic rings. The van der Waals surface area contributed by atoms with E-state index in [1.807, 2.05) is 27.7 Å². The van der Waals surface area contributed by atoms with Crippen molar-refractivity contribution in [3.63, 3.8) is 0 Å². The molecule has 0 aromatic carbocycles. The van der Waals surface area contributed by atoms with Crippen molar-refractivity contribution < 1.29 is 14.3 Å². The molecule has 1 heterocycles. The number of hydrogen-bond donors (Lipinski definition) is 1. The summed E-state index contributed by atoms with van der Waals surface area (Å²) >= 11 is 1.38. The van der Waals surface area contributed by atoms with Crippen molar-refractivity contribution >= 4 is 23.2 Å². The molecular weight excluding hydrogens is 290 g/mol. The van der Waals surface area contributed by atoms with E-state index >= 15 is 0 Å². The molecule has 0 radical (unpaired) electrons. The van der Waals surface area contributed by atoms with Gasteiger partial charge in [0.05, 0.1) is 6.54 Å². The third-order valence-corrected chi connectivity index (χ3v) is 3.55. The van der Waals surface area contributed by atoms with Gasteiger partial charge in [-0.25, -0.2) is 4.98 Å². The molecule has 0 bridgehead atoms. The summed E-state index contributed by atoms with van der Waals surface area (Å²) in [7, 11) is 1.49. The highest BCUT2D eigenvalue weighted by Crippen LogP contribution is 2.14. The predicted molar refractivity (Wildman–Crippen MR) is 82.3 cm³/mol. The highest BCUT2D eigenvalue weighted by molar-refractivity contribution is 7.09. The van der Waals surface area contributed by atoms with Crippen LogP contribution in [0.5, 0.6) is 0 Å². The normalized spacial score (nSPS) is 11.0. The first-order valence-electron chi connectivity index (χ1n) is 6.88. The SMILES string of the molecule is COCC(=O)N(Cc1nc(C(=O)NC(C)C)cs1)C(C)C. The third kappa shape index (κ3) is 5.43. The minimum atomic E-state index is -0.188. The Bertz CT molecular complexity index is 486. The van der Waals surface area contributed by atoms with Gasteiger partial charge in [-0.3, -0.25) is 9.59 Å². The monoisotopic (exact) mass is 313 g/mol. The smallest absolute Gasteiger partial charge is 0.270 e. The van der Waals surface area contributed by atoms with Crippen molar-refractivity contribution in [1.82, 2.24) is 15.2 Å². The zero-order valence-corrected chi connectivity index (χ0v) is 14.0. The lowest BCUT2D eigenvalue weighted by Crippen LogP contribution is -2.38. The quantitative estimate of drug-likeness (QED) is 0.831. The maximum absolute atomic E-state index is 12.0. The lowest BCUT2D eigenvalue weighted by atomic mass is 10.3. The fraction of sp³-hybridized carbons (Fsp3) is 0.643. The fourth-order valence-corrected chi connectivity index (χ4v) is 2.51. The second-order valence-electron chi connectivity index (χ2n) is 5.30. The van der Waals surface area contributed by atoms with Crippen molar-refractivity contribution in [1.29, 1.82) is 0 Å². The lowest BCUT2D eigenvalue weighted by molar-refractivity contribution is -0.137. The van der Waals surface area contributed by atoms with Crippen molar-refractivity contribution in [2.45, 2.75) is 46.3 Å². The second-order valence-corrected chi connectivity index (χ2v) is 6.25. The molecule has 118 valence electrons. The summed E-state index contributed by atoms with van der Waals surface area (Å²) in [5.74, 6) is -0.275. The maximum atomic E-state index is 12.0. The molecule has 21 heavy (non-hydrogen) atoms. The van der Waals surface area contributed by atoms with E-state index in [2.05, 4.69) is 10.3 Å². The Balaban J connectivity index is 2.75. The van der Waals surface area contributed by atoms with Crippen LogP contribution in [0.2, 0.25) is 0 Å². The number of ether oxygens (including phenoxy) is 1. The molecule has 0 unspecified atom stereocenters. The van der Waals surface area contributed by atoms with Crippen LogP contribution >= 0.6 is 11.3 Å². The second kappa shape index (κ2) is 8.09. The van der Waals surface area contributed by atoms with Gasteiger partial charge in [-0.1, -0.05) is 0 Å². The van der Waals surface area contributed by atoms with Crippen molar-refractivity contribution in [3.05, 3.63) is 16.1 Å². The Labute approximate surface area is 129 Å². The van der Waals surface area contributed by atoms with Gasteiger partial charge in [0.15, 0.2) is 0 Å². The van der Waals surface area contributed by atoms with Crippen LogP contribution in [0.4, 0.5) is 0 Å². The maximum Gasteiger partial charge on any atom is 0.270 e. The topological polar surface area (TPSA) is 71.5 Å². The molecule has 2 amide bonds. The van der Waals surface area contributed by atoms with Gasteiger partial charge in [-0.2, -0.15) is 0 Å². The number of methoxy groups -OCH3 is 1. The van der Waals surface area contributed by atoms with Crippen LogP contribution in [0.3, 0.4) is 0 Å². The number of nitrogens with one attached hydrogen (secondary N) is 1. The predicted octanol–water partition coefficient (Wildman–Crippen LogP) is 1.66. The zero-order chi connectivity index (χ0) is 16.0. The molecule has 0 saturated heterocycles. The molecule has 0 fully saturated rings. The Kier molecular flexibility index (Phi) is 6.77. The third-order valence-electron chi connectivity index (χ3n) is 2.72. The van der Waals surface area contributed by atoms with Crippen LogP contribution in [-0.4, -0.2) is 47.5 Å². The molecule has 0 atom stereocenters. The average molecular weight is 313 g/mol. The average Bonchev–Trinajstić information content (AvgIpc) is 2.83. The van der Waals surface area contributed by atoms with Gasteiger partial charge in [-0.05, 0) is 27.7 Å². The summed E-state index contributed by atoms with van der Waals surface area (Å²) in [6, 6.07) is 0.114. The van der Waals surface area contributed by atoms with E-state index in [-0.39, 0.29) is 30.5 Å². The van der Waals surface area contributed by atoms with Gasteiger partial charge in [-0.15, -0.1) is 11.3 Å². The highest BCUT2D eigenvalue weighted by atomic mass is 32.1. The van der Waals surface area contributed by atoms with Crippen LogP contribution in [0.25, 0.3) is 0 Å². The Morgan fingerprint density at radius 3 is 2.57 bits per heavy atom. The first-order valence-corrected chi connectivity index (χ1v) is 7.76. The molecule has 0 aliphatic rings. The molecule has 1 N–H and O–H groups in total. The Morgan fingerprint density at radius 2 is 2.05 bits per heavy atom. The van der Waals surface area contributed by atoms with Crippen LogP contribution in [0.1, 0.15) is 43.2 Å². The number of thiazole rings is 1. The molecule has 7 heteroatoms. The number of aromatic nitrogens is 1. The largest absolute Gasteiger partial charge is 0.375 e. The molecule has 0 aliphatic carbocycles. The van der Waals surface area contributed by atoms with Gasteiger partial charge in [0.25, 0.3) is 5.91 Å². The molecule has 0 saturated carbocycles. The summed E-state index contributed by atoms with van der Waals surface area (Å²) in [5, 5.41) is 5.25. The molecule has 1 aromatic heterocycles. The number of carbonyl (C=O) groups is 2. The van der Waals surface area contributed by atoms with E-state index in [1.54, 1.807) is 10.3 Å². The summed E-state index contributed by atoms with van der Waals surface area (Å²) in [6.07, 6.45) is 0. The van der Waals surface area contributed by atoms with E-state index < -0.39 is 0 Å². The van der Waals surface area contributed by atoms with E-state index in [4.69, 9.17) is 4.74 Å². The first-order chi connectivity index (χ1) is 9.85. The molecule has 1 rings (SSSR count). The lowest BCUT2D eigenvalue weighted by Gasteiger charge is -2.25. The molecule has 0 aliphatic heterocycles. The number of hydrogen-bond acceptors (Lipinski definition) is 5. The minimum absolute atomic E-state index is 0.0458.